The number of anilines is 1. The SMILES string of the molecule is O=C(CN(/C=C/C(=O)C(F)(F)F)c1ccccc1)c1ccc(F)cc1. The standard InChI is InChI=1S/C18H13F4NO2/c19-14-8-6-13(7-9-14)16(24)12-23(15-4-2-1-3-5-15)11-10-17(25)18(20,21)22/h1-11H,12H2/b11-10+. The van der Waals surface area contributed by atoms with E-state index in [2.05, 4.69) is 0 Å². The van der Waals surface area contributed by atoms with Gasteiger partial charge in [0.15, 0.2) is 5.78 Å². The van der Waals surface area contributed by atoms with Crippen LogP contribution in [0.1, 0.15) is 10.4 Å². The van der Waals surface area contributed by atoms with Crippen LogP contribution in [0.3, 0.4) is 0 Å². The number of ketones is 2. The predicted molar refractivity (Wildman–Crippen MR) is 84.7 cm³/mol. The van der Waals surface area contributed by atoms with Crippen molar-refractivity contribution in [3.63, 3.8) is 0 Å². The highest BCUT2D eigenvalue weighted by molar-refractivity contribution is 6.00. The number of alkyl halides is 3. The van der Waals surface area contributed by atoms with Crippen molar-refractivity contribution in [1.82, 2.24) is 0 Å². The number of hydrogen-bond acceptors (Lipinski definition) is 3. The molecule has 3 nitrogen and oxygen atoms in total. The molecule has 0 unspecified atom stereocenters. The minimum absolute atomic E-state index is 0.206. The summed E-state index contributed by atoms with van der Waals surface area (Å²) in [5.41, 5.74) is 0.641. The van der Waals surface area contributed by atoms with Gasteiger partial charge >= 0.3 is 6.18 Å². The molecule has 0 aliphatic carbocycles. The molecule has 0 saturated heterocycles. The molecule has 0 aliphatic rings. The number of rotatable bonds is 6. The van der Waals surface area contributed by atoms with E-state index in [0.29, 0.717) is 11.8 Å². The molecular weight excluding hydrogens is 338 g/mol. The quantitative estimate of drug-likeness (QED) is 0.446. The Morgan fingerprint density at radius 1 is 0.960 bits per heavy atom. The summed E-state index contributed by atoms with van der Waals surface area (Å²) in [5, 5.41) is 0. The summed E-state index contributed by atoms with van der Waals surface area (Å²) in [6.07, 6.45) is -3.71. The number of benzene rings is 2. The Hall–Kier alpha value is -2.96. The van der Waals surface area contributed by atoms with Crippen LogP contribution in [0.15, 0.2) is 66.9 Å². The number of nitrogens with zero attached hydrogens (tertiary/aromatic N) is 1. The summed E-state index contributed by atoms with van der Waals surface area (Å²) in [6, 6.07) is 13.0. The molecule has 0 heterocycles. The normalized spacial score (nSPS) is 11.5. The maximum atomic E-state index is 12.9. The highest BCUT2D eigenvalue weighted by Gasteiger charge is 2.36. The molecule has 0 amide bonds. The lowest BCUT2D eigenvalue weighted by atomic mass is 10.1. The van der Waals surface area contributed by atoms with Crippen LogP contribution < -0.4 is 4.90 Å². The fraction of sp³-hybridized carbons (Fsp3) is 0.111. The van der Waals surface area contributed by atoms with Crippen molar-refractivity contribution < 1.29 is 27.2 Å². The van der Waals surface area contributed by atoms with Crippen LogP contribution in [0.25, 0.3) is 0 Å². The molecule has 0 N–H and O–H groups in total. The lowest BCUT2D eigenvalue weighted by Crippen LogP contribution is -2.26. The Morgan fingerprint density at radius 2 is 1.56 bits per heavy atom. The van der Waals surface area contributed by atoms with Gasteiger partial charge in [-0.3, -0.25) is 9.59 Å². The van der Waals surface area contributed by atoms with Crippen LogP contribution in [0.4, 0.5) is 23.2 Å². The van der Waals surface area contributed by atoms with Gasteiger partial charge in [-0.15, -0.1) is 0 Å². The van der Waals surface area contributed by atoms with Crippen molar-refractivity contribution in [2.45, 2.75) is 6.18 Å². The smallest absolute Gasteiger partial charge is 0.340 e. The number of carbonyl (C=O) groups is 2. The Kier molecular flexibility index (Phi) is 5.69. The second kappa shape index (κ2) is 7.74. The summed E-state index contributed by atoms with van der Waals surface area (Å²) >= 11 is 0. The van der Waals surface area contributed by atoms with E-state index in [-0.39, 0.29) is 12.1 Å². The number of allylic oxidation sites excluding steroid dienone is 1. The average Bonchev–Trinajstić information content (AvgIpc) is 2.58. The minimum atomic E-state index is -4.99. The summed E-state index contributed by atoms with van der Waals surface area (Å²) in [4.78, 5) is 24.5. The molecule has 0 bridgehead atoms. The minimum Gasteiger partial charge on any atom is -0.340 e. The van der Waals surface area contributed by atoms with E-state index in [9.17, 15) is 27.2 Å². The van der Waals surface area contributed by atoms with Crippen LogP contribution in [0.5, 0.6) is 0 Å². The Morgan fingerprint density at radius 3 is 2.12 bits per heavy atom. The molecule has 130 valence electrons. The predicted octanol–water partition coefficient (Wildman–Crippen LogP) is 4.16. The van der Waals surface area contributed by atoms with E-state index in [1.165, 1.54) is 17.0 Å². The molecule has 0 spiro atoms. The van der Waals surface area contributed by atoms with Crippen molar-refractivity contribution in [3.8, 4) is 0 Å². The van der Waals surface area contributed by atoms with E-state index in [4.69, 9.17) is 0 Å². The van der Waals surface area contributed by atoms with E-state index < -0.39 is 23.6 Å². The maximum absolute atomic E-state index is 12.9. The molecule has 0 saturated carbocycles. The lowest BCUT2D eigenvalue weighted by molar-refractivity contribution is -0.165. The summed E-state index contributed by atoms with van der Waals surface area (Å²) in [6.45, 7) is -0.308. The number of hydrogen-bond donors (Lipinski definition) is 0. The number of para-hydroxylation sites is 1. The van der Waals surface area contributed by atoms with Crippen LogP contribution in [-0.4, -0.2) is 24.3 Å². The fourth-order valence-electron chi connectivity index (χ4n) is 1.98. The number of carbonyl (C=O) groups excluding carboxylic acids is 2. The van der Waals surface area contributed by atoms with Gasteiger partial charge < -0.3 is 4.90 Å². The summed E-state index contributed by atoms with van der Waals surface area (Å²) < 4.78 is 50.0. The van der Waals surface area contributed by atoms with Gasteiger partial charge in [-0.25, -0.2) is 4.39 Å². The van der Waals surface area contributed by atoms with Crippen LogP contribution in [0.2, 0.25) is 0 Å². The average molecular weight is 351 g/mol. The van der Waals surface area contributed by atoms with E-state index >= 15 is 0 Å². The molecule has 7 heteroatoms. The maximum Gasteiger partial charge on any atom is 0.454 e. The summed E-state index contributed by atoms with van der Waals surface area (Å²) in [5.74, 6) is -2.97. The zero-order chi connectivity index (χ0) is 18.4. The van der Waals surface area contributed by atoms with E-state index in [1.54, 1.807) is 30.3 Å². The molecule has 2 aromatic carbocycles. The third kappa shape index (κ3) is 5.27. The monoisotopic (exact) mass is 351 g/mol. The molecule has 0 atom stereocenters. The Balaban J connectivity index is 2.23. The van der Waals surface area contributed by atoms with Gasteiger partial charge in [-0.05, 0) is 36.4 Å². The van der Waals surface area contributed by atoms with Crippen molar-refractivity contribution in [2.75, 3.05) is 11.4 Å². The highest BCUT2D eigenvalue weighted by Crippen LogP contribution is 2.19. The first-order valence-electron chi connectivity index (χ1n) is 7.17. The Bertz CT molecular complexity index is 768. The van der Waals surface area contributed by atoms with Gasteiger partial charge in [0.2, 0.25) is 0 Å². The molecule has 2 aromatic rings. The van der Waals surface area contributed by atoms with Crippen molar-refractivity contribution in [2.24, 2.45) is 0 Å². The van der Waals surface area contributed by atoms with Crippen molar-refractivity contribution in [1.29, 1.82) is 0 Å². The van der Waals surface area contributed by atoms with Gasteiger partial charge in [0.25, 0.3) is 5.78 Å². The topological polar surface area (TPSA) is 37.4 Å². The summed E-state index contributed by atoms with van der Waals surface area (Å²) in [7, 11) is 0. The molecular formula is C18H13F4NO2. The van der Waals surface area contributed by atoms with E-state index in [1.807, 2.05) is 0 Å². The van der Waals surface area contributed by atoms with Gasteiger partial charge in [0, 0.05) is 23.5 Å². The van der Waals surface area contributed by atoms with Crippen molar-refractivity contribution >= 4 is 17.3 Å². The second-order valence-corrected chi connectivity index (χ2v) is 5.07. The zero-order valence-electron chi connectivity index (χ0n) is 12.8. The van der Waals surface area contributed by atoms with Gasteiger partial charge in [-0.2, -0.15) is 13.2 Å². The highest BCUT2D eigenvalue weighted by atomic mass is 19.4. The lowest BCUT2D eigenvalue weighted by Gasteiger charge is -2.20. The first kappa shape index (κ1) is 18.4. The largest absolute Gasteiger partial charge is 0.454 e. The molecule has 0 fully saturated rings. The zero-order valence-corrected chi connectivity index (χ0v) is 12.8. The molecule has 0 radical (unpaired) electrons. The number of Topliss-reactive ketones (excluding diaryl/α,β-unsaturated/α-hetero) is 1. The first-order chi connectivity index (χ1) is 11.8. The van der Waals surface area contributed by atoms with Gasteiger partial charge in [0.1, 0.15) is 5.82 Å². The fourth-order valence-corrected chi connectivity index (χ4v) is 1.98. The van der Waals surface area contributed by atoms with Gasteiger partial charge in [0.05, 0.1) is 6.54 Å². The molecule has 0 aromatic heterocycles. The molecule has 2 rings (SSSR count). The second-order valence-electron chi connectivity index (χ2n) is 5.07. The van der Waals surface area contributed by atoms with Crippen LogP contribution in [-0.2, 0) is 4.79 Å². The third-order valence-corrected chi connectivity index (χ3v) is 3.25. The van der Waals surface area contributed by atoms with Gasteiger partial charge in [-0.1, -0.05) is 18.2 Å². The molecule has 0 aliphatic heterocycles. The first-order valence-corrected chi connectivity index (χ1v) is 7.17. The van der Waals surface area contributed by atoms with E-state index in [0.717, 1.165) is 18.3 Å². The Labute approximate surface area is 141 Å². The number of halogens is 4. The van der Waals surface area contributed by atoms with Crippen molar-refractivity contribution in [3.05, 3.63) is 78.3 Å². The third-order valence-electron chi connectivity index (χ3n) is 3.25. The van der Waals surface area contributed by atoms with Crippen LogP contribution >= 0.6 is 0 Å². The molecule has 25 heavy (non-hydrogen) atoms. The van der Waals surface area contributed by atoms with Crippen LogP contribution in [0, 0.1) is 5.82 Å².